The van der Waals surface area contributed by atoms with Gasteiger partial charge in [-0.1, -0.05) is 13.8 Å². The van der Waals surface area contributed by atoms with Crippen molar-refractivity contribution in [1.82, 2.24) is 4.98 Å². The Balaban J connectivity index is 2.48. The number of aryl methyl sites for hydroxylation is 1. The molecule has 0 saturated heterocycles. The van der Waals surface area contributed by atoms with Crippen LogP contribution < -0.4 is 0 Å². The van der Waals surface area contributed by atoms with Crippen LogP contribution in [0.2, 0.25) is 0 Å². The SMILES string of the molecule is Cc1cc2c([nH]1)CC(C)C(C)C2=O. The van der Waals surface area contributed by atoms with Gasteiger partial charge < -0.3 is 4.98 Å². The van der Waals surface area contributed by atoms with Gasteiger partial charge in [-0.15, -0.1) is 0 Å². The molecule has 0 bridgehead atoms. The molecule has 0 saturated carbocycles. The van der Waals surface area contributed by atoms with E-state index >= 15 is 0 Å². The normalized spacial score (nSPS) is 27.5. The van der Waals surface area contributed by atoms with E-state index in [1.807, 2.05) is 19.9 Å². The fourth-order valence-electron chi connectivity index (χ4n) is 2.03. The molecule has 0 radical (unpaired) electrons. The van der Waals surface area contributed by atoms with Crippen molar-refractivity contribution in [3.8, 4) is 0 Å². The van der Waals surface area contributed by atoms with Crippen molar-refractivity contribution < 1.29 is 4.79 Å². The number of aromatic nitrogens is 1. The summed E-state index contributed by atoms with van der Waals surface area (Å²) in [6.45, 7) is 6.17. The van der Waals surface area contributed by atoms with Gasteiger partial charge in [0.15, 0.2) is 5.78 Å². The van der Waals surface area contributed by atoms with E-state index in [-0.39, 0.29) is 5.92 Å². The van der Waals surface area contributed by atoms with Crippen LogP contribution in [0.1, 0.15) is 35.6 Å². The number of ketones is 1. The maximum atomic E-state index is 11.8. The minimum Gasteiger partial charge on any atom is -0.362 e. The summed E-state index contributed by atoms with van der Waals surface area (Å²) < 4.78 is 0. The molecule has 13 heavy (non-hydrogen) atoms. The van der Waals surface area contributed by atoms with Gasteiger partial charge in [0.1, 0.15) is 0 Å². The Morgan fingerprint density at radius 3 is 2.85 bits per heavy atom. The predicted octanol–water partition coefficient (Wildman–Crippen LogP) is 2.33. The Labute approximate surface area is 78.4 Å². The van der Waals surface area contributed by atoms with Crippen LogP contribution in [0.3, 0.4) is 0 Å². The zero-order valence-corrected chi connectivity index (χ0v) is 8.35. The second-order valence-corrected chi connectivity index (χ2v) is 4.18. The summed E-state index contributed by atoms with van der Waals surface area (Å²) in [5, 5.41) is 0. The van der Waals surface area contributed by atoms with Crippen molar-refractivity contribution in [3.63, 3.8) is 0 Å². The Morgan fingerprint density at radius 2 is 2.15 bits per heavy atom. The van der Waals surface area contributed by atoms with Crippen molar-refractivity contribution in [2.45, 2.75) is 27.2 Å². The summed E-state index contributed by atoms with van der Waals surface area (Å²) in [6, 6.07) is 1.97. The molecule has 2 atom stereocenters. The van der Waals surface area contributed by atoms with E-state index in [9.17, 15) is 4.79 Å². The average molecular weight is 177 g/mol. The molecule has 1 heterocycles. The van der Waals surface area contributed by atoms with Gasteiger partial charge in [0, 0.05) is 22.9 Å². The maximum absolute atomic E-state index is 11.8. The largest absolute Gasteiger partial charge is 0.362 e. The first-order valence-electron chi connectivity index (χ1n) is 4.82. The first-order valence-corrected chi connectivity index (χ1v) is 4.82. The number of Topliss-reactive ketones (excluding diaryl/α,β-unsaturated/α-hetero) is 1. The Kier molecular flexibility index (Phi) is 1.79. The van der Waals surface area contributed by atoms with Gasteiger partial charge in [0.05, 0.1) is 0 Å². The highest BCUT2D eigenvalue weighted by Gasteiger charge is 2.30. The first-order chi connectivity index (χ1) is 6.09. The Hall–Kier alpha value is -1.05. The lowest BCUT2D eigenvalue weighted by atomic mass is 9.80. The van der Waals surface area contributed by atoms with Crippen LogP contribution >= 0.6 is 0 Å². The van der Waals surface area contributed by atoms with Gasteiger partial charge in [-0.2, -0.15) is 0 Å². The summed E-state index contributed by atoms with van der Waals surface area (Å²) >= 11 is 0. The van der Waals surface area contributed by atoms with Gasteiger partial charge in [-0.25, -0.2) is 0 Å². The summed E-state index contributed by atoms with van der Waals surface area (Å²) in [6.07, 6.45) is 1.01. The quantitative estimate of drug-likeness (QED) is 0.648. The fourth-order valence-corrected chi connectivity index (χ4v) is 2.03. The number of carbonyl (C=O) groups is 1. The number of hydrogen-bond donors (Lipinski definition) is 1. The van der Waals surface area contributed by atoms with E-state index in [1.165, 1.54) is 0 Å². The third-order valence-corrected chi connectivity index (χ3v) is 3.09. The number of carbonyl (C=O) groups excluding carboxylic acids is 1. The van der Waals surface area contributed by atoms with Gasteiger partial charge in [-0.05, 0) is 25.3 Å². The molecule has 0 amide bonds. The van der Waals surface area contributed by atoms with Crippen LogP contribution in [0.5, 0.6) is 0 Å². The van der Waals surface area contributed by atoms with Gasteiger partial charge >= 0.3 is 0 Å². The molecule has 2 heteroatoms. The summed E-state index contributed by atoms with van der Waals surface area (Å²) in [7, 11) is 0. The molecule has 0 spiro atoms. The third kappa shape index (κ3) is 1.21. The number of rotatable bonds is 0. The lowest BCUT2D eigenvalue weighted by molar-refractivity contribution is 0.0876. The summed E-state index contributed by atoms with van der Waals surface area (Å²) in [5.74, 6) is 0.957. The number of fused-ring (bicyclic) bond motifs is 1. The van der Waals surface area contributed by atoms with Crippen LogP contribution in [0, 0.1) is 18.8 Å². The minimum absolute atomic E-state index is 0.183. The van der Waals surface area contributed by atoms with Gasteiger partial charge in [-0.3, -0.25) is 4.79 Å². The molecule has 1 N–H and O–H groups in total. The highest BCUT2D eigenvalue weighted by atomic mass is 16.1. The number of nitrogens with one attached hydrogen (secondary N) is 1. The molecule has 2 rings (SSSR count). The van der Waals surface area contributed by atoms with Crippen LogP contribution in [-0.4, -0.2) is 10.8 Å². The standard InChI is InChI=1S/C11H15NO/c1-6-4-10-9(5-7(2)12-10)11(13)8(6)3/h5-6,8,12H,4H2,1-3H3. The molecule has 0 aromatic carbocycles. The predicted molar refractivity (Wildman–Crippen MR) is 51.9 cm³/mol. The summed E-state index contributed by atoms with van der Waals surface area (Å²) in [4.78, 5) is 15.1. The first kappa shape index (κ1) is 8.54. The van der Waals surface area contributed by atoms with Gasteiger partial charge in [0.25, 0.3) is 0 Å². The van der Waals surface area contributed by atoms with Gasteiger partial charge in [0.2, 0.25) is 0 Å². The highest BCUT2D eigenvalue weighted by molar-refractivity contribution is 6.00. The van der Waals surface area contributed by atoms with E-state index < -0.39 is 0 Å². The van der Waals surface area contributed by atoms with Crippen molar-refractivity contribution in [1.29, 1.82) is 0 Å². The molecule has 1 aromatic heterocycles. The van der Waals surface area contributed by atoms with Crippen molar-refractivity contribution in [2.24, 2.45) is 11.8 Å². The Morgan fingerprint density at radius 1 is 1.46 bits per heavy atom. The molecule has 70 valence electrons. The maximum Gasteiger partial charge on any atom is 0.167 e. The molecule has 0 fully saturated rings. The highest BCUT2D eigenvalue weighted by Crippen LogP contribution is 2.29. The molecule has 0 aliphatic heterocycles. The molecule has 2 nitrogen and oxygen atoms in total. The van der Waals surface area contributed by atoms with Crippen molar-refractivity contribution in [3.05, 3.63) is 23.0 Å². The van der Waals surface area contributed by atoms with E-state index in [1.54, 1.807) is 0 Å². The molecule has 1 aliphatic rings. The fraction of sp³-hybridized carbons (Fsp3) is 0.545. The van der Waals surface area contributed by atoms with Crippen LogP contribution in [-0.2, 0) is 6.42 Å². The second-order valence-electron chi connectivity index (χ2n) is 4.18. The van der Waals surface area contributed by atoms with E-state index in [2.05, 4.69) is 11.9 Å². The number of H-pyrrole nitrogens is 1. The molecule has 1 aliphatic carbocycles. The molecule has 1 aromatic rings. The van der Waals surface area contributed by atoms with Crippen molar-refractivity contribution in [2.75, 3.05) is 0 Å². The lowest BCUT2D eigenvalue weighted by Gasteiger charge is -2.23. The van der Waals surface area contributed by atoms with Crippen molar-refractivity contribution >= 4 is 5.78 Å². The van der Waals surface area contributed by atoms with E-state index in [0.717, 1.165) is 23.4 Å². The average Bonchev–Trinajstić information content (AvgIpc) is 2.42. The molecule has 2 unspecified atom stereocenters. The Bertz CT molecular complexity index is 351. The molecular formula is C11H15NO. The number of aromatic amines is 1. The van der Waals surface area contributed by atoms with Crippen LogP contribution in [0.25, 0.3) is 0 Å². The monoisotopic (exact) mass is 177 g/mol. The summed E-state index contributed by atoms with van der Waals surface area (Å²) in [5.41, 5.74) is 3.15. The molecular weight excluding hydrogens is 162 g/mol. The smallest absolute Gasteiger partial charge is 0.167 e. The minimum atomic E-state index is 0.183. The zero-order chi connectivity index (χ0) is 9.59. The van der Waals surface area contributed by atoms with E-state index in [0.29, 0.717) is 11.7 Å². The number of hydrogen-bond acceptors (Lipinski definition) is 1. The third-order valence-electron chi connectivity index (χ3n) is 3.09. The second kappa shape index (κ2) is 2.72. The lowest BCUT2D eigenvalue weighted by Crippen LogP contribution is -2.26. The van der Waals surface area contributed by atoms with Crippen LogP contribution in [0.15, 0.2) is 6.07 Å². The zero-order valence-electron chi connectivity index (χ0n) is 8.35. The van der Waals surface area contributed by atoms with Crippen LogP contribution in [0.4, 0.5) is 0 Å². The van der Waals surface area contributed by atoms with E-state index in [4.69, 9.17) is 0 Å². The topological polar surface area (TPSA) is 32.9 Å².